The minimum atomic E-state index is -4.79. The van der Waals surface area contributed by atoms with Crippen LogP contribution in [0.4, 0.5) is 24.5 Å². The molecule has 0 bridgehead atoms. The fraction of sp³-hybridized carbons (Fsp3) is 0.509. The first-order valence-electron chi connectivity index (χ1n) is 24.0. The number of carbonyl (C=O) groups excluding carboxylic acids is 4. The molecule has 3 aliphatic rings. The lowest BCUT2D eigenvalue weighted by molar-refractivity contribution is -0.147. The van der Waals surface area contributed by atoms with Crippen LogP contribution < -0.4 is 19.9 Å². The zero-order chi connectivity index (χ0) is 51.6. The molecule has 1 aliphatic carbocycles. The third-order valence-corrected chi connectivity index (χ3v) is 14.6. The lowest BCUT2D eigenvalue weighted by atomic mass is 9.77. The Kier molecular flexibility index (Phi) is 16.0. The first-order chi connectivity index (χ1) is 33.5. The molecule has 7 rings (SSSR count). The fourth-order valence-corrected chi connectivity index (χ4v) is 10.6. The van der Waals surface area contributed by atoms with Crippen molar-refractivity contribution >= 4 is 47.5 Å². The number of aryl methyl sites for hydroxylation is 1. The van der Waals surface area contributed by atoms with Crippen molar-refractivity contribution in [1.82, 2.24) is 15.2 Å². The number of aliphatic hydroxyl groups excluding tert-OH is 1. The standard InChI is InChI=1S/C53H63F3N6O8S/c1-31(35-12-14-36(15-13-35)46-32(2)58-30-70-46)59-47(65)45-24-40(63)26-60(45)48(66)44(51(3,4)5)23-41(64)29-68-27-33-8-10-34(11-9-33)28-69-42-20-18-38(19-21-42)62-50(71)61(49(67)52(62,6)7)39-17-16-37(25-57)43(22-39)53(54,55)56/h12-22,30-31,33-34,40,44-45,50,63,71H,8-11,23-24,26-29H2,1-7H3,(H,59,65)/t31-,33-,34+,40+,44+,45-,50?/m0/s1. The molecule has 1 aromatic heterocycles. The van der Waals surface area contributed by atoms with Crippen molar-refractivity contribution in [3.63, 3.8) is 0 Å². The van der Waals surface area contributed by atoms with E-state index in [0.29, 0.717) is 36.3 Å². The Hall–Kier alpha value is -5.90. The predicted molar refractivity (Wildman–Crippen MR) is 263 cm³/mol. The van der Waals surface area contributed by atoms with Crippen LogP contribution in [-0.2, 0) is 30.1 Å². The molecule has 3 aromatic carbocycles. The number of anilines is 2. The van der Waals surface area contributed by atoms with Crippen LogP contribution in [0.3, 0.4) is 0 Å². The van der Waals surface area contributed by atoms with E-state index < -0.39 is 57.7 Å². The normalized spacial score (nSPS) is 22.3. The van der Waals surface area contributed by atoms with Gasteiger partial charge in [-0.2, -0.15) is 18.4 Å². The summed E-state index contributed by atoms with van der Waals surface area (Å²) in [4.78, 5) is 63.4. The summed E-state index contributed by atoms with van der Waals surface area (Å²) < 4.78 is 59.0. The summed E-state index contributed by atoms with van der Waals surface area (Å²) in [6.07, 6.45) is -0.664. The maximum absolute atomic E-state index is 14.2. The number of likely N-dealkylation sites (tertiary alicyclic amines) is 1. The highest BCUT2D eigenvalue weighted by Gasteiger charge is 2.52. The highest BCUT2D eigenvalue weighted by Crippen LogP contribution is 2.43. The monoisotopic (exact) mass is 1000 g/mol. The topological polar surface area (TPSA) is 179 Å². The van der Waals surface area contributed by atoms with E-state index >= 15 is 0 Å². The Morgan fingerprint density at radius 2 is 1.62 bits per heavy atom. The number of benzene rings is 3. The number of nitrogens with zero attached hydrogens (tertiary/aromatic N) is 5. The molecule has 2 N–H and O–H groups in total. The van der Waals surface area contributed by atoms with Crippen molar-refractivity contribution in [2.24, 2.45) is 23.2 Å². The van der Waals surface area contributed by atoms with Crippen LogP contribution in [0, 0.1) is 41.4 Å². The largest absolute Gasteiger partial charge is 0.493 e. The Bertz CT molecular complexity index is 2600. The number of rotatable bonds is 16. The summed E-state index contributed by atoms with van der Waals surface area (Å²) in [7, 11) is 0. The van der Waals surface area contributed by atoms with E-state index in [9.17, 15) is 42.7 Å². The lowest BCUT2D eigenvalue weighted by Crippen LogP contribution is -2.50. The van der Waals surface area contributed by atoms with Gasteiger partial charge in [0.15, 0.2) is 23.4 Å². The van der Waals surface area contributed by atoms with Gasteiger partial charge in [-0.15, -0.1) is 12.6 Å². The third kappa shape index (κ3) is 11.9. The molecular formula is C53H63F3N6O8S. The van der Waals surface area contributed by atoms with Gasteiger partial charge >= 0.3 is 6.18 Å². The molecule has 5 atom stereocenters. The molecule has 0 spiro atoms. The molecule has 1 unspecified atom stereocenters. The molecule has 2 saturated heterocycles. The van der Waals surface area contributed by atoms with Gasteiger partial charge in [-0.25, -0.2) is 4.98 Å². The maximum Gasteiger partial charge on any atom is 0.417 e. The number of aromatic nitrogens is 1. The molecule has 0 radical (unpaired) electrons. The van der Waals surface area contributed by atoms with E-state index in [0.717, 1.165) is 54.6 Å². The van der Waals surface area contributed by atoms with Crippen molar-refractivity contribution in [3.8, 4) is 23.1 Å². The number of β-amino-alcohol motifs (C(OH)–C–C–N with tert-alkyl or cyclic N) is 1. The Morgan fingerprint density at radius 3 is 2.21 bits per heavy atom. The van der Waals surface area contributed by atoms with E-state index in [1.807, 2.05) is 58.9 Å². The summed E-state index contributed by atoms with van der Waals surface area (Å²) in [5.74, 6) is -0.285. The molecular weight excluding hydrogens is 938 g/mol. The third-order valence-electron chi connectivity index (χ3n) is 14.1. The number of ketones is 1. The minimum Gasteiger partial charge on any atom is -0.493 e. The molecule has 18 heteroatoms. The molecule has 3 fully saturated rings. The van der Waals surface area contributed by atoms with Gasteiger partial charge in [0.25, 0.3) is 5.91 Å². The Labute approximate surface area is 418 Å². The summed E-state index contributed by atoms with van der Waals surface area (Å²) in [5.41, 5.74) is -1.30. The summed E-state index contributed by atoms with van der Waals surface area (Å²) in [6.45, 7) is 13.5. The second-order valence-corrected chi connectivity index (χ2v) is 21.1. The van der Waals surface area contributed by atoms with Crippen molar-refractivity contribution in [2.75, 3.05) is 36.2 Å². The predicted octanol–water partition coefficient (Wildman–Crippen LogP) is 9.05. The smallest absolute Gasteiger partial charge is 0.417 e. The lowest BCUT2D eigenvalue weighted by Gasteiger charge is -2.35. The van der Waals surface area contributed by atoms with E-state index in [4.69, 9.17) is 13.9 Å². The molecule has 71 heavy (non-hydrogen) atoms. The van der Waals surface area contributed by atoms with Crippen LogP contribution in [0.1, 0.15) is 108 Å². The highest BCUT2D eigenvalue weighted by molar-refractivity contribution is 7.81. The number of thiol groups is 1. The van der Waals surface area contributed by atoms with Crippen molar-refractivity contribution in [3.05, 3.63) is 95.5 Å². The van der Waals surface area contributed by atoms with Crippen LogP contribution in [0.25, 0.3) is 11.3 Å². The van der Waals surface area contributed by atoms with Crippen LogP contribution in [0.2, 0.25) is 0 Å². The maximum atomic E-state index is 14.2. The number of ether oxygens (including phenoxy) is 2. The van der Waals surface area contributed by atoms with Crippen LogP contribution in [0.15, 0.2) is 77.5 Å². The minimum absolute atomic E-state index is 0.00516. The zero-order valence-corrected chi connectivity index (χ0v) is 42.1. The van der Waals surface area contributed by atoms with Gasteiger partial charge in [0.05, 0.1) is 41.6 Å². The molecule has 380 valence electrons. The number of nitrogens with one attached hydrogen (secondary N) is 1. The van der Waals surface area contributed by atoms with E-state index in [-0.39, 0.29) is 61.2 Å². The highest BCUT2D eigenvalue weighted by atomic mass is 32.1. The number of oxazole rings is 1. The molecule has 1 saturated carbocycles. The van der Waals surface area contributed by atoms with Crippen molar-refractivity contribution in [1.29, 1.82) is 5.26 Å². The number of Topliss-reactive ketones (excluding diaryl/α,β-unsaturated/α-hetero) is 1. The van der Waals surface area contributed by atoms with Gasteiger partial charge in [-0.05, 0) is 119 Å². The number of aliphatic hydroxyl groups is 1. The van der Waals surface area contributed by atoms with E-state index in [1.165, 1.54) is 22.3 Å². The first kappa shape index (κ1) is 52.9. The second kappa shape index (κ2) is 21.4. The van der Waals surface area contributed by atoms with Gasteiger partial charge in [-0.3, -0.25) is 24.1 Å². The SMILES string of the molecule is Cc1ncoc1-c1ccc([C@H](C)NC(=O)[C@@H]2C[C@@H](O)CN2C(=O)[C@@H](CC(=O)COC[C@H]2CC[C@@H](COc3ccc(N4C(S)N(c5ccc(C#N)c(C(F)(F)F)c5)C(=O)C4(C)C)cc3)CC2)C(C)(C)C)cc1. The van der Waals surface area contributed by atoms with Crippen molar-refractivity contribution < 1.29 is 51.3 Å². The molecule has 3 heterocycles. The van der Waals surface area contributed by atoms with Gasteiger partial charge in [0.2, 0.25) is 11.8 Å². The van der Waals surface area contributed by atoms with Crippen LogP contribution >= 0.6 is 12.6 Å². The summed E-state index contributed by atoms with van der Waals surface area (Å²) >= 11 is 4.68. The van der Waals surface area contributed by atoms with Crippen LogP contribution in [-0.4, -0.2) is 88.0 Å². The zero-order valence-electron chi connectivity index (χ0n) is 41.2. The first-order valence-corrected chi connectivity index (χ1v) is 24.5. The molecule has 2 aliphatic heterocycles. The number of hydrogen-bond donors (Lipinski definition) is 3. The van der Waals surface area contributed by atoms with Crippen LogP contribution in [0.5, 0.6) is 5.75 Å². The number of halogens is 3. The molecule has 3 amide bonds. The van der Waals surface area contributed by atoms with Gasteiger partial charge in [0, 0.05) is 48.8 Å². The fourth-order valence-electron chi connectivity index (χ4n) is 9.90. The summed E-state index contributed by atoms with van der Waals surface area (Å²) in [6, 6.07) is 18.2. The molecule has 14 nitrogen and oxygen atoms in total. The Morgan fingerprint density at radius 1 is 0.986 bits per heavy atom. The quantitative estimate of drug-likeness (QED) is 0.0913. The number of alkyl halides is 3. The number of carbonyl (C=O) groups is 4. The average molecular weight is 1000 g/mol. The number of amides is 3. The van der Waals surface area contributed by atoms with Gasteiger partial charge < -0.3 is 34.1 Å². The van der Waals surface area contributed by atoms with Crippen molar-refractivity contribution in [2.45, 2.75) is 122 Å². The van der Waals surface area contributed by atoms with E-state index in [1.54, 1.807) is 49.1 Å². The van der Waals surface area contributed by atoms with Gasteiger partial charge in [-0.1, -0.05) is 45.0 Å². The Balaban J connectivity index is 0.852. The van der Waals surface area contributed by atoms with E-state index in [2.05, 4.69) is 22.9 Å². The number of hydrogen-bond acceptors (Lipinski definition) is 12. The summed E-state index contributed by atoms with van der Waals surface area (Å²) in [5, 5.41) is 22.9. The second-order valence-electron chi connectivity index (χ2n) is 20.7. The molecule has 4 aromatic rings. The van der Waals surface area contributed by atoms with Gasteiger partial charge in [0.1, 0.15) is 23.9 Å². The average Bonchev–Trinajstić information content (AvgIpc) is 3.99. The number of nitriles is 1.